The van der Waals surface area contributed by atoms with E-state index in [1.54, 1.807) is 41.3 Å². The van der Waals surface area contributed by atoms with Gasteiger partial charge in [-0.3, -0.25) is 9.00 Å². The molecule has 0 N–H and O–H groups in total. The van der Waals surface area contributed by atoms with Gasteiger partial charge in [0, 0.05) is 36.1 Å². The van der Waals surface area contributed by atoms with E-state index in [1.807, 2.05) is 7.05 Å². The van der Waals surface area contributed by atoms with E-state index >= 15 is 0 Å². The molecule has 0 saturated carbocycles. The summed E-state index contributed by atoms with van der Waals surface area (Å²) in [7, 11) is 0.805. The van der Waals surface area contributed by atoms with E-state index in [4.69, 9.17) is 16.0 Å². The number of piperazine rings is 1. The van der Waals surface area contributed by atoms with Crippen molar-refractivity contribution in [1.82, 2.24) is 9.80 Å². The Bertz CT molecular complexity index is 737. The van der Waals surface area contributed by atoms with Crippen LogP contribution in [0, 0.1) is 0 Å². The van der Waals surface area contributed by atoms with Gasteiger partial charge < -0.3 is 14.2 Å². The summed E-state index contributed by atoms with van der Waals surface area (Å²) in [6.45, 7) is 3.12. The second-order valence-electron chi connectivity index (χ2n) is 5.81. The van der Waals surface area contributed by atoms with Gasteiger partial charge in [-0.05, 0) is 43.4 Å². The van der Waals surface area contributed by atoms with Gasteiger partial charge in [-0.1, -0.05) is 11.6 Å². The molecule has 1 aliphatic heterocycles. The van der Waals surface area contributed by atoms with E-state index in [2.05, 4.69) is 4.90 Å². The van der Waals surface area contributed by atoms with Crippen molar-refractivity contribution in [2.45, 2.75) is 10.6 Å². The van der Waals surface area contributed by atoms with Crippen molar-refractivity contribution in [2.24, 2.45) is 0 Å². The minimum atomic E-state index is -1.24. The molecule has 7 heteroatoms. The molecule has 1 atom stereocenters. The van der Waals surface area contributed by atoms with Crippen molar-refractivity contribution in [1.29, 1.82) is 0 Å². The van der Waals surface area contributed by atoms with Gasteiger partial charge in [0.15, 0.2) is 5.76 Å². The number of hydrogen-bond donors (Lipinski definition) is 0. The van der Waals surface area contributed by atoms with Crippen LogP contribution in [0.15, 0.2) is 45.7 Å². The molecule has 1 amide bonds. The summed E-state index contributed by atoms with van der Waals surface area (Å²) in [6, 6.07) is 10.3. The molecule has 0 aliphatic carbocycles. The number of furan rings is 1. The van der Waals surface area contributed by atoms with Crippen molar-refractivity contribution < 1.29 is 13.4 Å². The Kier molecular flexibility index (Phi) is 5.38. The quantitative estimate of drug-likeness (QED) is 0.834. The largest absolute Gasteiger partial charge is 0.455 e. The molecule has 0 unspecified atom stereocenters. The number of benzene rings is 1. The van der Waals surface area contributed by atoms with Gasteiger partial charge in [0.1, 0.15) is 5.76 Å². The summed E-state index contributed by atoms with van der Waals surface area (Å²) in [6.07, 6.45) is 0. The summed E-state index contributed by atoms with van der Waals surface area (Å²) in [5.74, 6) is 0.979. The van der Waals surface area contributed by atoms with Crippen molar-refractivity contribution in [2.75, 3.05) is 33.2 Å². The van der Waals surface area contributed by atoms with E-state index in [-0.39, 0.29) is 11.7 Å². The molecule has 2 aromatic rings. The van der Waals surface area contributed by atoms with Crippen molar-refractivity contribution >= 4 is 28.3 Å². The predicted octanol–water partition coefficient (Wildman–Crippen LogP) is 2.63. The van der Waals surface area contributed by atoms with E-state index < -0.39 is 10.8 Å². The van der Waals surface area contributed by atoms with Crippen LogP contribution >= 0.6 is 11.6 Å². The Hall–Kier alpha value is -1.63. The van der Waals surface area contributed by atoms with Gasteiger partial charge in [-0.2, -0.15) is 0 Å². The molecule has 0 spiro atoms. The summed E-state index contributed by atoms with van der Waals surface area (Å²) >= 11 is 5.83. The SMILES string of the molecule is CN1CCN(C(=O)c2ccc(C[S@](=O)c3ccc(Cl)cc3)o2)CC1. The van der Waals surface area contributed by atoms with Crippen molar-refractivity contribution in [3.63, 3.8) is 0 Å². The minimum absolute atomic E-state index is 0.105. The van der Waals surface area contributed by atoms with Crippen LogP contribution in [-0.4, -0.2) is 53.1 Å². The number of nitrogens with zero attached hydrogens (tertiary/aromatic N) is 2. The first kappa shape index (κ1) is 17.2. The minimum Gasteiger partial charge on any atom is -0.455 e. The smallest absolute Gasteiger partial charge is 0.289 e. The standard InChI is InChI=1S/C17H19ClN2O3S/c1-19-8-10-20(11-9-19)17(21)16-7-4-14(23-16)12-24(22)15-5-2-13(18)3-6-15/h2-7H,8-12H2,1H3/t24-/m0/s1. The normalized spacial score (nSPS) is 17.0. The molecule has 24 heavy (non-hydrogen) atoms. The van der Waals surface area contributed by atoms with Crippen LogP contribution in [0.5, 0.6) is 0 Å². The number of likely N-dealkylation sites (N-methyl/N-ethyl adjacent to an activating group) is 1. The lowest BCUT2D eigenvalue weighted by Gasteiger charge is -2.31. The molecular weight excluding hydrogens is 348 g/mol. The molecule has 1 aromatic carbocycles. The lowest BCUT2D eigenvalue weighted by atomic mass is 10.3. The lowest BCUT2D eigenvalue weighted by Crippen LogP contribution is -2.47. The zero-order valence-corrected chi connectivity index (χ0v) is 15.0. The van der Waals surface area contributed by atoms with Gasteiger partial charge in [0.05, 0.1) is 16.6 Å². The van der Waals surface area contributed by atoms with Crippen LogP contribution in [0.25, 0.3) is 0 Å². The molecule has 0 radical (unpaired) electrons. The highest BCUT2D eigenvalue weighted by Gasteiger charge is 2.23. The van der Waals surface area contributed by atoms with Crippen LogP contribution in [0.1, 0.15) is 16.3 Å². The fourth-order valence-corrected chi connectivity index (χ4v) is 3.68. The molecule has 128 valence electrons. The third kappa shape index (κ3) is 4.06. The highest BCUT2D eigenvalue weighted by atomic mass is 35.5. The highest BCUT2D eigenvalue weighted by molar-refractivity contribution is 7.84. The first-order valence-electron chi connectivity index (χ1n) is 7.73. The molecule has 0 bridgehead atoms. The maximum atomic E-state index is 12.4. The van der Waals surface area contributed by atoms with Crippen LogP contribution in [-0.2, 0) is 16.6 Å². The second-order valence-corrected chi connectivity index (χ2v) is 7.69. The number of hydrogen-bond acceptors (Lipinski definition) is 4. The van der Waals surface area contributed by atoms with Gasteiger partial charge in [0.2, 0.25) is 0 Å². The van der Waals surface area contributed by atoms with Gasteiger partial charge in [-0.15, -0.1) is 0 Å². The topological polar surface area (TPSA) is 53.8 Å². The monoisotopic (exact) mass is 366 g/mol. The highest BCUT2D eigenvalue weighted by Crippen LogP contribution is 2.18. The van der Waals surface area contributed by atoms with E-state index in [9.17, 15) is 9.00 Å². The van der Waals surface area contributed by atoms with Crippen LogP contribution in [0.4, 0.5) is 0 Å². The van der Waals surface area contributed by atoms with Gasteiger partial charge >= 0.3 is 0 Å². The molecule has 3 rings (SSSR count). The van der Waals surface area contributed by atoms with Crippen LogP contribution in [0.3, 0.4) is 0 Å². The Morgan fingerprint density at radius 3 is 2.46 bits per heavy atom. The average Bonchev–Trinajstić information content (AvgIpc) is 3.04. The van der Waals surface area contributed by atoms with Crippen LogP contribution < -0.4 is 0 Å². The van der Waals surface area contributed by atoms with E-state index in [1.165, 1.54) is 0 Å². The molecule has 1 aliphatic rings. The number of rotatable bonds is 4. The third-order valence-corrected chi connectivity index (χ3v) is 5.61. The summed E-state index contributed by atoms with van der Waals surface area (Å²) in [5, 5.41) is 0.605. The number of halogens is 1. The second kappa shape index (κ2) is 7.51. The Morgan fingerprint density at radius 1 is 1.12 bits per heavy atom. The fourth-order valence-electron chi connectivity index (χ4n) is 2.53. The molecule has 1 saturated heterocycles. The van der Waals surface area contributed by atoms with Gasteiger partial charge in [-0.25, -0.2) is 0 Å². The maximum Gasteiger partial charge on any atom is 0.289 e. The zero-order valence-electron chi connectivity index (χ0n) is 13.4. The summed E-state index contributed by atoms with van der Waals surface area (Å²) < 4.78 is 18.0. The Labute approximate surface area is 148 Å². The maximum absolute atomic E-state index is 12.4. The fraction of sp³-hybridized carbons (Fsp3) is 0.353. The number of carbonyl (C=O) groups is 1. The van der Waals surface area contributed by atoms with E-state index in [0.717, 1.165) is 13.1 Å². The molecule has 1 aromatic heterocycles. The lowest BCUT2D eigenvalue weighted by molar-refractivity contribution is 0.0631. The number of carbonyl (C=O) groups excluding carboxylic acids is 1. The van der Waals surface area contributed by atoms with Crippen molar-refractivity contribution in [3.05, 3.63) is 52.9 Å². The number of amides is 1. The third-order valence-electron chi connectivity index (χ3n) is 4.01. The molecule has 1 fully saturated rings. The predicted molar refractivity (Wildman–Crippen MR) is 93.7 cm³/mol. The van der Waals surface area contributed by atoms with Crippen LogP contribution in [0.2, 0.25) is 5.02 Å². The first-order valence-corrected chi connectivity index (χ1v) is 9.43. The van der Waals surface area contributed by atoms with Gasteiger partial charge in [0.25, 0.3) is 5.91 Å². The molecule has 5 nitrogen and oxygen atoms in total. The van der Waals surface area contributed by atoms with E-state index in [0.29, 0.717) is 34.5 Å². The average molecular weight is 367 g/mol. The Morgan fingerprint density at radius 2 is 1.79 bits per heavy atom. The summed E-state index contributed by atoms with van der Waals surface area (Å²) in [5.41, 5.74) is 0. The zero-order chi connectivity index (χ0) is 17.1. The summed E-state index contributed by atoms with van der Waals surface area (Å²) in [4.78, 5) is 17.1. The molecule has 2 heterocycles. The first-order chi connectivity index (χ1) is 11.5. The molecular formula is C17H19ClN2O3S. The van der Waals surface area contributed by atoms with Crippen molar-refractivity contribution in [3.8, 4) is 0 Å². The Balaban J connectivity index is 1.63.